The third-order valence-electron chi connectivity index (χ3n) is 3.64. The molecule has 0 saturated carbocycles. The van der Waals surface area contributed by atoms with E-state index in [0.717, 1.165) is 11.3 Å². The first-order chi connectivity index (χ1) is 10.6. The molecule has 0 unspecified atom stereocenters. The maximum Gasteiger partial charge on any atom is 0.276 e. The van der Waals surface area contributed by atoms with Gasteiger partial charge in [0, 0.05) is 17.1 Å². The molecule has 1 aromatic carbocycles. The predicted octanol–water partition coefficient (Wildman–Crippen LogP) is 2.16. The molecule has 0 fully saturated rings. The van der Waals surface area contributed by atoms with Gasteiger partial charge in [0.1, 0.15) is 18.1 Å². The number of rotatable bonds is 2. The van der Waals surface area contributed by atoms with Crippen molar-refractivity contribution in [2.45, 2.75) is 20.1 Å². The number of halogens is 1. The molecule has 1 aliphatic heterocycles. The lowest BCUT2D eigenvalue weighted by molar-refractivity contribution is 0.0720. The molecule has 0 spiro atoms. The van der Waals surface area contributed by atoms with Crippen LogP contribution in [-0.2, 0) is 13.2 Å². The van der Waals surface area contributed by atoms with E-state index in [9.17, 15) is 9.90 Å². The van der Waals surface area contributed by atoms with Gasteiger partial charge in [-0.1, -0.05) is 16.8 Å². The van der Waals surface area contributed by atoms with Gasteiger partial charge in [-0.25, -0.2) is 0 Å². The van der Waals surface area contributed by atoms with Gasteiger partial charge in [-0.2, -0.15) is 0 Å². The van der Waals surface area contributed by atoms with Crippen LogP contribution in [-0.4, -0.2) is 34.2 Å². The number of fused-ring (bicyclic) bond motifs is 1. The summed E-state index contributed by atoms with van der Waals surface area (Å²) in [5.74, 6) is 0.871. The van der Waals surface area contributed by atoms with Crippen molar-refractivity contribution in [3.05, 3.63) is 45.8 Å². The summed E-state index contributed by atoms with van der Waals surface area (Å²) < 4.78 is 10.6. The Balaban J connectivity index is 1.90. The highest BCUT2D eigenvalue weighted by molar-refractivity contribution is 6.30. The summed E-state index contributed by atoms with van der Waals surface area (Å²) in [4.78, 5) is 14.3. The Morgan fingerprint density at radius 2 is 2.32 bits per heavy atom. The summed E-state index contributed by atoms with van der Waals surface area (Å²) >= 11 is 6.01. The number of carbonyl (C=O) groups is 1. The van der Waals surface area contributed by atoms with Crippen molar-refractivity contribution in [2.24, 2.45) is 0 Å². The van der Waals surface area contributed by atoms with Crippen molar-refractivity contribution in [2.75, 3.05) is 13.2 Å². The fourth-order valence-electron chi connectivity index (χ4n) is 2.43. The fourth-order valence-corrected chi connectivity index (χ4v) is 2.63. The summed E-state index contributed by atoms with van der Waals surface area (Å²) in [6, 6.07) is 5.33. The van der Waals surface area contributed by atoms with Crippen molar-refractivity contribution in [1.82, 2.24) is 10.1 Å². The summed E-state index contributed by atoms with van der Waals surface area (Å²) in [6.07, 6.45) is 0. The van der Waals surface area contributed by atoms with Crippen LogP contribution in [0.15, 0.2) is 22.7 Å². The molecule has 1 amide bonds. The second-order valence-electron chi connectivity index (χ2n) is 5.05. The zero-order chi connectivity index (χ0) is 15.7. The van der Waals surface area contributed by atoms with E-state index in [-0.39, 0.29) is 18.2 Å². The smallest absolute Gasteiger partial charge is 0.276 e. The largest absolute Gasteiger partial charge is 0.491 e. The molecule has 2 heterocycles. The van der Waals surface area contributed by atoms with Gasteiger partial charge in [0.05, 0.1) is 18.7 Å². The van der Waals surface area contributed by atoms with Crippen molar-refractivity contribution in [3.63, 3.8) is 0 Å². The minimum absolute atomic E-state index is 0.144. The van der Waals surface area contributed by atoms with Gasteiger partial charge in [0.15, 0.2) is 5.69 Å². The molecule has 0 atom stereocenters. The maximum absolute atomic E-state index is 12.6. The number of hydrogen-bond acceptors (Lipinski definition) is 5. The lowest BCUT2D eigenvalue weighted by atomic mass is 10.1. The lowest BCUT2D eigenvalue weighted by Gasteiger charge is -2.18. The third kappa shape index (κ3) is 2.67. The Bertz CT molecular complexity index is 714. The van der Waals surface area contributed by atoms with Gasteiger partial charge < -0.3 is 19.3 Å². The van der Waals surface area contributed by atoms with Gasteiger partial charge in [-0.15, -0.1) is 0 Å². The predicted molar refractivity (Wildman–Crippen MR) is 78.9 cm³/mol. The van der Waals surface area contributed by atoms with Crippen molar-refractivity contribution in [1.29, 1.82) is 0 Å². The Labute approximate surface area is 132 Å². The number of aromatic nitrogens is 1. The normalized spacial score (nSPS) is 14.2. The monoisotopic (exact) mass is 322 g/mol. The van der Waals surface area contributed by atoms with E-state index in [1.54, 1.807) is 30.0 Å². The lowest BCUT2D eigenvalue weighted by Crippen LogP contribution is -2.33. The number of aliphatic hydroxyl groups is 1. The molecule has 1 N–H and O–H groups in total. The second-order valence-corrected chi connectivity index (χ2v) is 5.49. The van der Waals surface area contributed by atoms with E-state index in [0.29, 0.717) is 36.0 Å². The van der Waals surface area contributed by atoms with Crippen LogP contribution in [0.1, 0.15) is 27.4 Å². The number of carbonyl (C=O) groups excluding carboxylic acids is 1. The molecule has 0 aliphatic carbocycles. The number of amides is 1. The Kier molecular flexibility index (Phi) is 4.04. The summed E-state index contributed by atoms with van der Waals surface area (Å²) in [5.41, 5.74) is 1.40. The molecule has 3 rings (SSSR count). The molecular formula is C15H15ClN2O4. The number of aliphatic hydroxyl groups excluding tert-OH is 1. The molecule has 0 bridgehead atoms. The Morgan fingerprint density at radius 3 is 3.09 bits per heavy atom. The van der Waals surface area contributed by atoms with Gasteiger partial charge in [0.2, 0.25) is 0 Å². The van der Waals surface area contributed by atoms with Crippen LogP contribution in [0, 0.1) is 6.92 Å². The number of aryl methyl sites for hydroxylation is 1. The van der Waals surface area contributed by atoms with E-state index in [1.807, 2.05) is 0 Å². The van der Waals surface area contributed by atoms with Crippen LogP contribution in [0.4, 0.5) is 0 Å². The molecule has 7 heteroatoms. The molecule has 116 valence electrons. The highest BCUT2D eigenvalue weighted by atomic mass is 35.5. The van der Waals surface area contributed by atoms with Crippen LogP contribution >= 0.6 is 11.6 Å². The van der Waals surface area contributed by atoms with E-state index >= 15 is 0 Å². The van der Waals surface area contributed by atoms with Gasteiger partial charge >= 0.3 is 0 Å². The molecule has 1 aromatic heterocycles. The first-order valence-electron chi connectivity index (χ1n) is 6.86. The standard InChI is InChI=1S/C15H15ClN2O4/c1-9-12(8-19)14(17-22-9)15(20)18-4-5-21-13-3-2-11(16)6-10(13)7-18/h2-3,6,19H,4-5,7-8H2,1H3. The molecule has 1 aliphatic rings. The highest BCUT2D eigenvalue weighted by Crippen LogP contribution is 2.27. The highest BCUT2D eigenvalue weighted by Gasteiger charge is 2.26. The van der Waals surface area contributed by atoms with Gasteiger partial charge in [-0.3, -0.25) is 4.79 Å². The fraction of sp³-hybridized carbons (Fsp3) is 0.333. The van der Waals surface area contributed by atoms with Crippen LogP contribution in [0.25, 0.3) is 0 Å². The molecule has 0 saturated heterocycles. The van der Waals surface area contributed by atoms with Gasteiger partial charge in [0.25, 0.3) is 5.91 Å². The topological polar surface area (TPSA) is 75.8 Å². The zero-order valence-corrected chi connectivity index (χ0v) is 12.8. The van der Waals surface area contributed by atoms with Gasteiger partial charge in [-0.05, 0) is 25.1 Å². The van der Waals surface area contributed by atoms with Crippen LogP contribution in [0.3, 0.4) is 0 Å². The maximum atomic E-state index is 12.6. The minimum Gasteiger partial charge on any atom is -0.491 e. The van der Waals surface area contributed by atoms with Crippen LogP contribution in [0.2, 0.25) is 5.02 Å². The summed E-state index contributed by atoms with van der Waals surface area (Å²) in [7, 11) is 0. The quantitative estimate of drug-likeness (QED) is 0.917. The zero-order valence-electron chi connectivity index (χ0n) is 12.0. The number of hydrogen-bond donors (Lipinski definition) is 1. The van der Waals surface area contributed by atoms with E-state index < -0.39 is 0 Å². The van der Waals surface area contributed by atoms with E-state index in [1.165, 1.54) is 0 Å². The third-order valence-corrected chi connectivity index (χ3v) is 3.87. The molecule has 0 radical (unpaired) electrons. The number of nitrogens with zero attached hydrogens (tertiary/aromatic N) is 2. The average molecular weight is 323 g/mol. The average Bonchev–Trinajstić information content (AvgIpc) is 2.75. The number of ether oxygens (including phenoxy) is 1. The van der Waals surface area contributed by atoms with Crippen molar-refractivity contribution in [3.8, 4) is 5.75 Å². The number of benzene rings is 1. The molecule has 22 heavy (non-hydrogen) atoms. The Morgan fingerprint density at radius 1 is 1.50 bits per heavy atom. The summed E-state index contributed by atoms with van der Waals surface area (Å²) in [5, 5.41) is 13.7. The molecular weight excluding hydrogens is 308 g/mol. The first-order valence-corrected chi connectivity index (χ1v) is 7.24. The SMILES string of the molecule is Cc1onc(C(=O)N2CCOc3ccc(Cl)cc3C2)c1CO. The van der Waals surface area contributed by atoms with Crippen molar-refractivity contribution < 1.29 is 19.2 Å². The summed E-state index contributed by atoms with van der Waals surface area (Å²) in [6.45, 7) is 2.54. The minimum atomic E-state index is -0.294. The van der Waals surface area contributed by atoms with Crippen molar-refractivity contribution >= 4 is 17.5 Å². The molecule has 6 nitrogen and oxygen atoms in total. The second kappa shape index (κ2) is 5.98. The van der Waals surface area contributed by atoms with Crippen LogP contribution < -0.4 is 4.74 Å². The van der Waals surface area contributed by atoms with E-state index in [4.69, 9.17) is 20.9 Å². The molecule has 2 aromatic rings. The van der Waals surface area contributed by atoms with Crippen LogP contribution in [0.5, 0.6) is 5.75 Å². The van der Waals surface area contributed by atoms with E-state index in [2.05, 4.69) is 5.16 Å². The first kappa shape index (κ1) is 14.9. The Hall–Kier alpha value is -2.05.